The Balaban J connectivity index is 1.31. The van der Waals surface area contributed by atoms with Gasteiger partial charge in [-0.2, -0.15) is 13.2 Å². The Hall–Kier alpha value is -3.17. The Labute approximate surface area is 168 Å². The van der Waals surface area contributed by atoms with Gasteiger partial charge >= 0.3 is 12.1 Å². The van der Waals surface area contributed by atoms with E-state index in [1.54, 1.807) is 0 Å². The van der Waals surface area contributed by atoms with Crippen molar-refractivity contribution >= 4 is 29.4 Å². The quantitative estimate of drug-likeness (QED) is 0.445. The number of hydrogen-bond acceptors (Lipinski definition) is 5. The Morgan fingerprint density at radius 3 is 2.27 bits per heavy atom. The van der Waals surface area contributed by atoms with Gasteiger partial charge in [0.2, 0.25) is 11.8 Å². The summed E-state index contributed by atoms with van der Waals surface area (Å²) in [6, 6.07) is 4.39. The van der Waals surface area contributed by atoms with Crippen molar-refractivity contribution < 1.29 is 37.1 Å². The molecule has 4 atom stereocenters. The molecule has 2 fully saturated rings. The molecule has 3 amide bonds. The van der Waals surface area contributed by atoms with Gasteiger partial charge < -0.3 is 10.1 Å². The molecular formula is C20H17F3N2O5. The van der Waals surface area contributed by atoms with Crippen molar-refractivity contribution in [3.05, 3.63) is 42.0 Å². The Morgan fingerprint density at radius 2 is 1.67 bits per heavy atom. The highest BCUT2D eigenvalue weighted by molar-refractivity contribution is 6.08. The molecule has 1 saturated carbocycles. The van der Waals surface area contributed by atoms with Crippen LogP contribution in [0.3, 0.4) is 0 Å². The first kappa shape index (κ1) is 20.1. The molecule has 1 heterocycles. The van der Waals surface area contributed by atoms with E-state index in [9.17, 15) is 32.3 Å². The fourth-order valence-electron chi connectivity index (χ4n) is 4.47. The molecule has 158 valence electrons. The summed E-state index contributed by atoms with van der Waals surface area (Å²) in [6.07, 6.45) is -0.0715. The molecule has 10 heteroatoms. The van der Waals surface area contributed by atoms with Gasteiger partial charge in [-0.05, 0) is 30.4 Å². The average molecular weight is 422 g/mol. The van der Waals surface area contributed by atoms with Crippen LogP contribution in [-0.4, -0.2) is 41.7 Å². The molecule has 1 aromatic rings. The SMILES string of the molecule is O=C(COC(=O)CN1C(=O)[C@H]2[C@H](C1=O)[C@H]1C=C[C@H]2C1)Nc1ccccc1C(F)(F)F. The lowest BCUT2D eigenvalue weighted by molar-refractivity contribution is -0.154. The molecule has 2 aliphatic carbocycles. The molecule has 7 nitrogen and oxygen atoms in total. The number of benzene rings is 1. The van der Waals surface area contributed by atoms with Crippen LogP contribution in [0.1, 0.15) is 12.0 Å². The molecule has 0 spiro atoms. The molecule has 1 saturated heterocycles. The number of imide groups is 1. The molecule has 30 heavy (non-hydrogen) atoms. The number of nitrogens with zero attached hydrogens (tertiary/aromatic N) is 1. The standard InChI is InChI=1S/C20H17F3N2O5/c21-20(22,23)12-3-1-2-4-13(12)24-14(26)9-30-15(27)8-25-18(28)16-10-5-6-11(7-10)17(16)19(25)29/h1-6,10-11,16-17H,7-9H2,(H,24,26)/t10-,11-,16+,17+/m0/s1. The van der Waals surface area contributed by atoms with Crippen molar-refractivity contribution in [2.75, 3.05) is 18.5 Å². The Morgan fingerprint density at radius 1 is 1.07 bits per heavy atom. The number of likely N-dealkylation sites (tertiary alicyclic amines) is 1. The molecule has 0 aromatic heterocycles. The number of esters is 1. The normalized spacial score (nSPS) is 26.8. The zero-order valence-corrected chi connectivity index (χ0v) is 15.5. The minimum absolute atomic E-state index is 0.00282. The first-order valence-corrected chi connectivity index (χ1v) is 9.32. The Kier molecular flexibility index (Phi) is 4.87. The van der Waals surface area contributed by atoms with Crippen molar-refractivity contribution in [1.82, 2.24) is 4.90 Å². The number of nitrogens with one attached hydrogen (secondary N) is 1. The van der Waals surface area contributed by atoms with Gasteiger partial charge in [0.25, 0.3) is 5.91 Å². The van der Waals surface area contributed by atoms with E-state index in [0.717, 1.165) is 23.5 Å². The number of rotatable bonds is 5. The van der Waals surface area contributed by atoms with Gasteiger partial charge in [-0.15, -0.1) is 0 Å². The van der Waals surface area contributed by atoms with Gasteiger partial charge in [-0.25, -0.2) is 0 Å². The number of halogens is 3. The number of fused-ring (bicyclic) bond motifs is 5. The summed E-state index contributed by atoms with van der Waals surface area (Å²) in [6.45, 7) is -1.47. The number of alkyl halides is 3. The van der Waals surface area contributed by atoms with Crippen LogP contribution in [0.25, 0.3) is 0 Å². The second kappa shape index (κ2) is 7.26. The molecule has 0 radical (unpaired) electrons. The predicted molar refractivity (Wildman–Crippen MR) is 95.5 cm³/mol. The lowest BCUT2D eigenvalue weighted by atomic mass is 9.85. The van der Waals surface area contributed by atoms with Gasteiger partial charge in [-0.1, -0.05) is 24.3 Å². The fraction of sp³-hybridized carbons (Fsp3) is 0.400. The predicted octanol–water partition coefficient (Wildman–Crippen LogP) is 1.99. The first-order chi connectivity index (χ1) is 14.2. The van der Waals surface area contributed by atoms with Crippen LogP contribution in [0.15, 0.2) is 36.4 Å². The van der Waals surface area contributed by atoms with E-state index >= 15 is 0 Å². The number of carbonyl (C=O) groups excluding carboxylic acids is 4. The number of hydrogen-bond donors (Lipinski definition) is 1. The molecule has 4 rings (SSSR count). The van der Waals surface area contributed by atoms with E-state index in [1.807, 2.05) is 17.5 Å². The van der Waals surface area contributed by atoms with Crippen LogP contribution in [0.2, 0.25) is 0 Å². The van der Waals surface area contributed by atoms with Crippen LogP contribution in [0.5, 0.6) is 0 Å². The molecular weight excluding hydrogens is 405 g/mol. The van der Waals surface area contributed by atoms with Crippen molar-refractivity contribution in [1.29, 1.82) is 0 Å². The average Bonchev–Trinajstić information content (AvgIpc) is 3.36. The topological polar surface area (TPSA) is 92.8 Å². The molecule has 1 aliphatic heterocycles. The van der Waals surface area contributed by atoms with Crippen LogP contribution in [0, 0.1) is 23.7 Å². The summed E-state index contributed by atoms with van der Waals surface area (Å²) in [5, 5.41) is 2.04. The van der Waals surface area contributed by atoms with Crippen LogP contribution < -0.4 is 5.32 Å². The van der Waals surface area contributed by atoms with Gasteiger partial charge in [0.15, 0.2) is 6.61 Å². The van der Waals surface area contributed by atoms with Crippen LogP contribution in [0.4, 0.5) is 18.9 Å². The highest BCUT2D eigenvalue weighted by Crippen LogP contribution is 2.52. The third-order valence-electron chi connectivity index (χ3n) is 5.72. The molecule has 1 aromatic carbocycles. The van der Waals surface area contributed by atoms with Crippen LogP contribution >= 0.6 is 0 Å². The van der Waals surface area contributed by atoms with E-state index in [1.165, 1.54) is 12.1 Å². The maximum Gasteiger partial charge on any atom is 0.418 e. The monoisotopic (exact) mass is 422 g/mol. The third kappa shape index (κ3) is 3.46. The van der Waals surface area contributed by atoms with Gasteiger partial charge in [0, 0.05) is 0 Å². The summed E-state index contributed by atoms with van der Waals surface area (Å²) in [5.74, 6) is -3.74. The molecule has 0 unspecified atom stereocenters. The van der Waals surface area contributed by atoms with E-state index in [2.05, 4.69) is 0 Å². The van der Waals surface area contributed by atoms with E-state index in [-0.39, 0.29) is 11.8 Å². The zero-order chi connectivity index (χ0) is 21.6. The van der Waals surface area contributed by atoms with Crippen LogP contribution in [-0.2, 0) is 30.1 Å². The van der Waals surface area contributed by atoms with Crippen molar-refractivity contribution in [3.8, 4) is 0 Å². The van der Waals surface area contributed by atoms with Crippen molar-refractivity contribution in [3.63, 3.8) is 0 Å². The summed E-state index contributed by atoms with van der Waals surface area (Å²) < 4.78 is 43.6. The number of carbonyl (C=O) groups is 4. The third-order valence-corrected chi connectivity index (χ3v) is 5.72. The number of ether oxygens (including phenoxy) is 1. The number of amides is 3. The fourth-order valence-corrected chi connectivity index (χ4v) is 4.47. The smallest absolute Gasteiger partial charge is 0.418 e. The lowest BCUT2D eigenvalue weighted by Gasteiger charge is -2.16. The minimum atomic E-state index is -4.66. The number of allylic oxidation sites excluding steroid dienone is 2. The number of anilines is 1. The summed E-state index contributed by atoms with van der Waals surface area (Å²) in [7, 11) is 0. The molecule has 3 aliphatic rings. The number of para-hydroxylation sites is 1. The maximum atomic E-state index is 13.0. The maximum absolute atomic E-state index is 13.0. The van der Waals surface area contributed by atoms with Gasteiger partial charge in [0.1, 0.15) is 6.54 Å². The Bertz CT molecular complexity index is 928. The minimum Gasteiger partial charge on any atom is -0.454 e. The van der Waals surface area contributed by atoms with Crippen molar-refractivity contribution in [2.24, 2.45) is 23.7 Å². The zero-order valence-electron chi connectivity index (χ0n) is 15.5. The summed E-state index contributed by atoms with van der Waals surface area (Å²) in [5.41, 5.74) is -1.50. The molecule has 2 bridgehead atoms. The lowest BCUT2D eigenvalue weighted by Crippen LogP contribution is -2.38. The van der Waals surface area contributed by atoms with E-state index in [4.69, 9.17) is 4.74 Å². The van der Waals surface area contributed by atoms with Gasteiger partial charge in [-0.3, -0.25) is 24.1 Å². The summed E-state index contributed by atoms with van der Waals surface area (Å²) in [4.78, 5) is 49.8. The van der Waals surface area contributed by atoms with E-state index < -0.39 is 66.1 Å². The highest BCUT2D eigenvalue weighted by Gasteiger charge is 2.59. The van der Waals surface area contributed by atoms with E-state index in [0.29, 0.717) is 0 Å². The first-order valence-electron chi connectivity index (χ1n) is 9.32. The largest absolute Gasteiger partial charge is 0.454 e. The summed E-state index contributed by atoms with van der Waals surface area (Å²) >= 11 is 0. The second-order valence-corrected chi connectivity index (χ2v) is 7.51. The van der Waals surface area contributed by atoms with Gasteiger partial charge in [0.05, 0.1) is 23.1 Å². The highest BCUT2D eigenvalue weighted by atomic mass is 19.4. The molecule has 1 N–H and O–H groups in total. The second-order valence-electron chi connectivity index (χ2n) is 7.51. The van der Waals surface area contributed by atoms with Crippen molar-refractivity contribution in [2.45, 2.75) is 12.6 Å².